The van der Waals surface area contributed by atoms with Crippen LogP contribution in [-0.2, 0) is 65.4 Å². The van der Waals surface area contributed by atoms with E-state index in [-0.39, 0.29) is 25.7 Å². The Hall–Kier alpha value is -3.50. The summed E-state index contributed by atoms with van der Waals surface area (Å²) in [6.45, 7) is 4.71. The van der Waals surface area contributed by atoms with E-state index in [0.29, 0.717) is 25.7 Å². The number of aliphatic hydroxyl groups is 1. The lowest BCUT2D eigenvalue weighted by Crippen LogP contribution is -2.30. The van der Waals surface area contributed by atoms with Crippen LogP contribution in [0.2, 0.25) is 0 Å². The molecule has 0 aliphatic rings. The summed E-state index contributed by atoms with van der Waals surface area (Å²) in [5.41, 5.74) is 0. The van der Waals surface area contributed by atoms with E-state index in [2.05, 4.69) is 101 Å². The molecule has 3 N–H and O–H groups in total. The summed E-state index contributed by atoms with van der Waals surface area (Å²) in [6, 6.07) is 0. The van der Waals surface area contributed by atoms with Crippen molar-refractivity contribution in [2.75, 3.05) is 39.6 Å². The zero-order chi connectivity index (χ0) is 69.0. The number of hydrogen-bond donors (Lipinski definition) is 3. The topological polar surface area (TPSA) is 237 Å². The summed E-state index contributed by atoms with van der Waals surface area (Å²) in [5, 5.41) is 10.6. The third-order valence-corrected chi connectivity index (χ3v) is 17.5. The lowest BCUT2D eigenvalue weighted by atomic mass is 10.1. The van der Waals surface area contributed by atoms with Gasteiger partial charge in [-0.2, -0.15) is 0 Å². The Balaban J connectivity index is 5.32. The lowest BCUT2D eigenvalue weighted by Gasteiger charge is -2.21. The maximum Gasteiger partial charge on any atom is 0.472 e. The van der Waals surface area contributed by atoms with Gasteiger partial charge in [0.05, 0.1) is 26.4 Å². The van der Waals surface area contributed by atoms with Crippen LogP contribution in [0.25, 0.3) is 0 Å². The van der Waals surface area contributed by atoms with Crippen molar-refractivity contribution >= 4 is 39.5 Å². The monoisotopic (exact) mass is 1370 g/mol. The van der Waals surface area contributed by atoms with E-state index in [4.69, 9.17) is 37.0 Å². The maximum absolute atomic E-state index is 13.0. The average Bonchev–Trinajstić information content (AvgIpc) is 1.22. The molecule has 0 rings (SSSR count). The van der Waals surface area contributed by atoms with Gasteiger partial charge in [-0.1, -0.05) is 242 Å². The van der Waals surface area contributed by atoms with Crippen molar-refractivity contribution in [1.82, 2.24) is 0 Å². The van der Waals surface area contributed by atoms with Crippen molar-refractivity contribution in [1.29, 1.82) is 0 Å². The number of carbonyl (C=O) groups excluding carboxylic acids is 4. The number of esters is 4. The molecule has 0 heterocycles. The number of carbonyl (C=O) groups is 4. The number of hydrogen-bond acceptors (Lipinski definition) is 15. The summed E-state index contributed by atoms with van der Waals surface area (Å²) < 4.78 is 68.3. The molecular formula is C75H134O17P2. The minimum Gasteiger partial charge on any atom is -0.462 e. The second-order valence-electron chi connectivity index (χ2n) is 24.9. The molecule has 94 heavy (non-hydrogen) atoms. The molecule has 0 fully saturated rings. The first-order valence-electron chi connectivity index (χ1n) is 37.2. The smallest absolute Gasteiger partial charge is 0.462 e. The van der Waals surface area contributed by atoms with Gasteiger partial charge in [-0.3, -0.25) is 37.3 Å². The summed E-state index contributed by atoms with van der Waals surface area (Å²) in [4.78, 5) is 72.7. The van der Waals surface area contributed by atoms with Gasteiger partial charge in [0.25, 0.3) is 0 Å². The SMILES string of the molecule is CCC/C=C\C/C=C\CCCCCCCC(=O)OC(COC(=O)CCCCCCC/C=C\C/C=C\CCCCC)COP(=O)(O)OCC(O)COP(=O)(O)OCC(COC(=O)CCCCCCC/C=C\CCCCCCCC)OC(=O)CCCCCCC/C=C\CCCC. The zero-order valence-corrected chi connectivity index (χ0v) is 61.2. The van der Waals surface area contributed by atoms with Crippen molar-refractivity contribution in [3.63, 3.8) is 0 Å². The van der Waals surface area contributed by atoms with Gasteiger partial charge in [0, 0.05) is 25.7 Å². The quantitative estimate of drug-likeness (QED) is 0.0169. The molecule has 5 atom stereocenters. The van der Waals surface area contributed by atoms with Crippen LogP contribution in [0.5, 0.6) is 0 Å². The minimum atomic E-state index is -4.97. The molecule has 0 spiro atoms. The number of unbranched alkanes of at least 4 members (excludes halogenated alkanes) is 32. The van der Waals surface area contributed by atoms with Crippen molar-refractivity contribution in [2.45, 2.75) is 341 Å². The normalized spacial score (nSPS) is 14.4. The number of phosphoric ester groups is 2. The molecule has 0 aromatic rings. The van der Waals surface area contributed by atoms with Crippen molar-refractivity contribution in [3.05, 3.63) is 72.9 Å². The molecule has 0 radical (unpaired) electrons. The largest absolute Gasteiger partial charge is 0.472 e. The highest BCUT2D eigenvalue weighted by atomic mass is 31.2. The first-order valence-corrected chi connectivity index (χ1v) is 40.2. The summed E-state index contributed by atoms with van der Waals surface area (Å²) >= 11 is 0. The molecule has 5 unspecified atom stereocenters. The standard InChI is InChI=1S/C75H134O17P2/c1-5-9-13-17-21-25-29-32-34-37-40-43-47-51-55-59-72(77)85-65-70(91-74(79)61-57-53-49-45-39-28-24-20-16-12-8-4)67-89-93(81,82)87-63-69(76)64-88-94(83,84)90-68-71(92-75(80)62-58-54-50-46-42-36-31-27-23-19-15-11-7-3)66-86-73(78)60-56-52-48-44-41-38-35-33-30-26-22-18-14-10-6-2/h15,19-20,22,24,26-27,31-35,69-71,76H,5-14,16-18,21,23,25,28-30,36-68H2,1-4H3,(H,81,82)(H,83,84)/b19-15-,24-20-,26-22-,31-27-,34-32-,35-33-. The molecule has 0 saturated heterocycles. The summed E-state index contributed by atoms with van der Waals surface area (Å²) in [6.07, 6.45) is 66.2. The van der Waals surface area contributed by atoms with Gasteiger partial charge in [-0.05, 0) is 128 Å². The van der Waals surface area contributed by atoms with Crippen LogP contribution in [0.4, 0.5) is 0 Å². The van der Waals surface area contributed by atoms with E-state index in [9.17, 15) is 43.2 Å². The van der Waals surface area contributed by atoms with Crippen LogP contribution in [0.3, 0.4) is 0 Å². The van der Waals surface area contributed by atoms with E-state index in [1.165, 1.54) is 70.6 Å². The fourth-order valence-electron chi connectivity index (χ4n) is 9.85. The van der Waals surface area contributed by atoms with Gasteiger partial charge < -0.3 is 33.8 Å². The Morgan fingerprint density at radius 3 is 0.894 bits per heavy atom. The second kappa shape index (κ2) is 68.0. The van der Waals surface area contributed by atoms with Gasteiger partial charge in [0.2, 0.25) is 0 Å². The fourth-order valence-corrected chi connectivity index (χ4v) is 11.4. The van der Waals surface area contributed by atoms with Crippen LogP contribution in [0.15, 0.2) is 72.9 Å². The molecule has 0 aliphatic heterocycles. The van der Waals surface area contributed by atoms with E-state index < -0.39 is 97.5 Å². The van der Waals surface area contributed by atoms with E-state index >= 15 is 0 Å². The Morgan fingerprint density at radius 1 is 0.298 bits per heavy atom. The van der Waals surface area contributed by atoms with Crippen molar-refractivity contribution in [3.8, 4) is 0 Å². The average molecular weight is 1370 g/mol. The molecule has 0 aliphatic carbocycles. The second-order valence-corrected chi connectivity index (χ2v) is 27.8. The maximum atomic E-state index is 13.0. The van der Waals surface area contributed by atoms with Gasteiger partial charge in [0.15, 0.2) is 12.2 Å². The Bertz CT molecular complexity index is 2070. The predicted octanol–water partition coefficient (Wildman–Crippen LogP) is 20.9. The van der Waals surface area contributed by atoms with E-state index in [1.54, 1.807) is 0 Å². The highest BCUT2D eigenvalue weighted by Crippen LogP contribution is 2.45. The highest BCUT2D eigenvalue weighted by Gasteiger charge is 2.30. The van der Waals surface area contributed by atoms with Crippen molar-refractivity contribution < 1.29 is 80.2 Å². The van der Waals surface area contributed by atoms with Crippen LogP contribution in [-0.4, -0.2) is 96.7 Å². The van der Waals surface area contributed by atoms with Gasteiger partial charge >= 0.3 is 39.5 Å². The Labute approximate surface area is 571 Å². The number of rotatable bonds is 70. The van der Waals surface area contributed by atoms with Gasteiger partial charge in [-0.25, -0.2) is 9.13 Å². The van der Waals surface area contributed by atoms with E-state index in [0.717, 1.165) is 173 Å². The minimum absolute atomic E-state index is 0.0773. The van der Waals surface area contributed by atoms with Crippen LogP contribution in [0, 0.1) is 0 Å². The zero-order valence-electron chi connectivity index (χ0n) is 59.4. The first-order chi connectivity index (χ1) is 45.7. The number of aliphatic hydroxyl groups excluding tert-OH is 1. The third-order valence-electron chi connectivity index (χ3n) is 15.6. The summed E-state index contributed by atoms with van der Waals surface area (Å²) in [5.74, 6) is -2.21. The molecule has 19 heteroatoms. The molecular weight excluding hydrogens is 1230 g/mol. The molecule has 546 valence electrons. The predicted molar refractivity (Wildman–Crippen MR) is 381 cm³/mol. The number of phosphoric acid groups is 2. The summed E-state index contributed by atoms with van der Waals surface area (Å²) in [7, 11) is -9.94. The molecule has 0 saturated carbocycles. The molecule has 17 nitrogen and oxygen atoms in total. The van der Waals surface area contributed by atoms with E-state index in [1.807, 2.05) is 0 Å². The number of allylic oxidation sites excluding steroid dienone is 12. The third kappa shape index (κ3) is 67.1. The van der Waals surface area contributed by atoms with Crippen LogP contribution in [0.1, 0.15) is 323 Å². The lowest BCUT2D eigenvalue weighted by molar-refractivity contribution is -0.161. The Kier molecular flexibility index (Phi) is 65.5. The Morgan fingerprint density at radius 2 is 0.553 bits per heavy atom. The van der Waals surface area contributed by atoms with Crippen LogP contribution >= 0.6 is 15.6 Å². The first kappa shape index (κ1) is 90.5. The number of ether oxygens (including phenoxy) is 4. The fraction of sp³-hybridized carbons (Fsp3) is 0.787. The molecule has 0 aromatic carbocycles. The molecule has 0 bridgehead atoms. The highest BCUT2D eigenvalue weighted by molar-refractivity contribution is 7.47. The van der Waals surface area contributed by atoms with Crippen molar-refractivity contribution in [2.24, 2.45) is 0 Å². The molecule has 0 amide bonds. The molecule has 0 aromatic heterocycles. The van der Waals surface area contributed by atoms with Gasteiger partial charge in [-0.15, -0.1) is 0 Å². The van der Waals surface area contributed by atoms with Crippen LogP contribution < -0.4 is 0 Å². The van der Waals surface area contributed by atoms with Gasteiger partial charge in [0.1, 0.15) is 19.3 Å².